The van der Waals surface area contributed by atoms with Crippen LogP contribution in [0.2, 0.25) is 0 Å². The van der Waals surface area contributed by atoms with Crippen LogP contribution in [0, 0.1) is 11.8 Å². The highest BCUT2D eigenvalue weighted by atomic mass is 15.0. The summed E-state index contributed by atoms with van der Waals surface area (Å²) in [7, 11) is 0. The predicted octanol–water partition coefficient (Wildman–Crippen LogP) is 14.2. The zero-order valence-electron chi connectivity index (χ0n) is 35.5. The normalized spacial score (nSPS) is 11.9. The van der Waals surface area contributed by atoms with Gasteiger partial charge in [-0.2, -0.15) is 0 Å². The molecular weight excluding hydrogens is 743 g/mol. The molecule has 5 nitrogen and oxygen atoms in total. The number of nitrogens with zero attached hydrogens (tertiary/aromatic N) is 5. The summed E-state index contributed by atoms with van der Waals surface area (Å²) in [5.41, 5.74) is 13.4. The van der Waals surface area contributed by atoms with Crippen molar-refractivity contribution in [3.8, 4) is 45.3 Å². The Morgan fingerprint density at radius 1 is 0.361 bits per heavy atom. The van der Waals surface area contributed by atoms with E-state index in [0.717, 1.165) is 49.0 Å². The van der Waals surface area contributed by atoms with Crippen LogP contribution in [0.15, 0.2) is 164 Å². The lowest BCUT2D eigenvalue weighted by Gasteiger charge is -2.11. The van der Waals surface area contributed by atoms with E-state index in [1.165, 1.54) is 65.9 Å². The third-order valence-electron chi connectivity index (χ3n) is 12.0. The molecule has 61 heavy (non-hydrogen) atoms. The van der Waals surface area contributed by atoms with Gasteiger partial charge in [-0.15, -0.1) is 0 Å². The van der Waals surface area contributed by atoms with E-state index < -0.39 is 0 Å². The summed E-state index contributed by atoms with van der Waals surface area (Å²) >= 11 is 0. The van der Waals surface area contributed by atoms with E-state index >= 15 is 0 Å². The van der Waals surface area contributed by atoms with Gasteiger partial charge in [0, 0.05) is 73.4 Å². The van der Waals surface area contributed by atoms with Crippen LogP contribution in [0.1, 0.15) is 45.2 Å². The standard InChI is InChI=1S/C56H51N5/c1-37(2)35-60-50-21-12-11-20-46(50)48-33-44(27-30-52(48)60)45-28-31-53-49(34-45)47-32-40(24-29-51(47)61(53)36-38(3)4)15-13-14-39-22-25-43(26-23-39)56-58-54(41-16-7-5-8-17-41)57-55(59-56)42-18-9-6-10-19-42/h5-12,16-34,37-38H,13-15,35-36H2,1-4H3. The van der Waals surface area contributed by atoms with Gasteiger partial charge in [0.15, 0.2) is 17.5 Å². The first kappa shape index (κ1) is 38.4. The molecule has 0 aliphatic heterocycles. The van der Waals surface area contributed by atoms with Gasteiger partial charge in [-0.1, -0.05) is 149 Å². The maximum Gasteiger partial charge on any atom is 0.164 e. The fourth-order valence-electron chi connectivity index (χ4n) is 9.10. The Bertz CT molecular complexity index is 3100. The molecule has 5 heteroatoms. The van der Waals surface area contributed by atoms with Gasteiger partial charge in [-0.3, -0.25) is 0 Å². The number of hydrogen-bond donors (Lipinski definition) is 0. The van der Waals surface area contributed by atoms with Gasteiger partial charge in [0.25, 0.3) is 0 Å². The molecule has 0 bridgehead atoms. The fourth-order valence-corrected chi connectivity index (χ4v) is 9.10. The molecule has 0 atom stereocenters. The van der Waals surface area contributed by atoms with Gasteiger partial charge in [0.2, 0.25) is 0 Å². The van der Waals surface area contributed by atoms with E-state index in [2.05, 4.69) is 140 Å². The largest absolute Gasteiger partial charge is 0.340 e. The first-order valence-electron chi connectivity index (χ1n) is 21.9. The number of aryl methyl sites for hydroxylation is 2. The number of para-hydroxylation sites is 1. The van der Waals surface area contributed by atoms with Crippen LogP contribution in [-0.4, -0.2) is 24.1 Å². The minimum absolute atomic E-state index is 0.539. The molecular formula is C56H51N5. The second-order valence-electron chi connectivity index (χ2n) is 17.4. The summed E-state index contributed by atoms with van der Waals surface area (Å²) in [6.07, 6.45) is 3.07. The van der Waals surface area contributed by atoms with Crippen molar-refractivity contribution in [2.45, 2.75) is 60.0 Å². The second kappa shape index (κ2) is 16.3. The summed E-state index contributed by atoms with van der Waals surface area (Å²) < 4.78 is 5.03. The van der Waals surface area contributed by atoms with Crippen molar-refractivity contribution in [3.05, 3.63) is 175 Å². The molecule has 0 aliphatic rings. The predicted molar refractivity (Wildman–Crippen MR) is 256 cm³/mol. The Kier molecular flexibility index (Phi) is 10.3. The van der Waals surface area contributed by atoms with Crippen LogP contribution in [-0.2, 0) is 25.9 Å². The molecule has 0 amide bonds. The topological polar surface area (TPSA) is 48.5 Å². The van der Waals surface area contributed by atoms with E-state index in [4.69, 9.17) is 15.0 Å². The van der Waals surface area contributed by atoms with Crippen molar-refractivity contribution in [3.63, 3.8) is 0 Å². The minimum atomic E-state index is 0.539. The van der Waals surface area contributed by atoms with Crippen molar-refractivity contribution < 1.29 is 0 Å². The maximum atomic E-state index is 4.92. The second-order valence-corrected chi connectivity index (χ2v) is 17.4. The Morgan fingerprint density at radius 2 is 0.754 bits per heavy atom. The van der Waals surface area contributed by atoms with Crippen LogP contribution in [0.5, 0.6) is 0 Å². The Labute approximate surface area is 358 Å². The molecule has 3 heterocycles. The molecule has 0 aliphatic carbocycles. The quantitative estimate of drug-likeness (QED) is 0.124. The average molecular weight is 794 g/mol. The van der Waals surface area contributed by atoms with Gasteiger partial charge >= 0.3 is 0 Å². The van der Waals surface area contributed by atoms with Gasteiger partial charge in [-0.25, -0.2) is 15.0 Å². The van der Waals surface area contributed by atoms with E-state index in [-0.39, 0.29) is 0 Å². The molecule has 7 aromatic carbocycles. The molecule has 0 spiro atoms. The summed E-state index contributed by atoms with van der Waals surface area (Å²) in [6.45, 7) is 11.2. The van der Waals surface area contributed by atoms with E-state index in [1.807, 2.05) is 60.7 Å². The molecule has 0 N–H and O–H groups in total. The SMILES string of the molecule is CC(C)Cn1c2ccccc2c2cc(-c3ccc4c(c3)c3cc(CCCc5ccc(-c6nc(-c7ccccc7)nc(-c7ccccc7)n6)cc5)ccc3n4CC(C)C)ccc21. The molecule has 0 radical (unpaired) electrons. The van der Waals surface area contributed by atoms with Crippen LogP contribution in [0.4, 0.5) is 0 Å². The number of rotatable bonds is 12. The van der Waals surface area contributed by atoms with Gasteiger partial charge < -0.3 is 9.13 Å². The first-order valence-corrected chi connectivity index (χ1v) is 21.9. The molecule has 0 unspecified atom stereocenters. The monoisotopic (exact) mass is 793 g/mol. The van der Waals surface area contributed by atoms with Crippen molar-refractivity contribution in [1.29, 1.82) is 0 Å². The van der Waals surface area contributed by atoms with Crippen molar-refractivity contribution >= 4 is 43.6 Å². The Hall–Kier alpha value is -6.85. The van der Waals surface area contributed by atoms with Crippen molar-refractivity contribution in [2.75, 3.05) is 0 Å². The van der Waals surface area contributed by atoms with Crippen LogP contribution >= 0.6 is 0 Å². The lowest BCUT2D eigenvalue weighted by molar-refractivity contribution is 0.545. The lowest BCUT2D eigenvalue weighted by atomic mass is 9.99. The lowest BCUT2D eigenvalue weighted by Crippen LogP contribution is -2.03. The highest BCUT2D eigenvalue weighted by Crippen LogP contribution is 2.37. The molecule has 3 aromatic heterocycles. The minimum Gasteiger partial charge on any atom is -0.340 e. The molecule has 10 rings (SSSR count). The smallest absolute Gasteiger partial charge is 0.164 e. The van der Waals surface area contributed by atoms with E-state index in [1.54, 1.807) is 0 Å². The highest BCUT2D eigenvalue weighted by molar-refractivity contribution is 6.11. The summed E-state index contributed by atoms with van der Waals surface area (Å²) in [4.78, 5) is 14.7. The van der Waals surface area contributed by atoms with Gasteiger partial charge in [0.1, 0.15) is 0 Å². The van der Waals surface area contributed by atoms with Crippen LogP contribution < -0.4 is 0 Å². The molecule has 300 valence electrons. The van der Waals surface area contributed by atoms with E-state index in [0.29, 0.717) is 29.3 Å². The highest BCUT2D eigenvalue weighted by Gasteiger charge is 2.17. The Morgan fingerprint density at radius 3 is 1.30 bits per heavy atom. The third-order valence-corrected chi connectivity index (χ3v) is 12.0. The molecule has 0 fully saturated rings. The third kappa shape index (κ3) is 7.61. The molecule has 0 saturated carbocycles. The number of benzene rings is 7. The number of fused-ring (bicyclic) bond motifs is 6. The zero-order valence-corrected chi connectivity index (χ0v) is 35.5. The average Bonchev–Trinajstić information content (AvgIpc) is 3.77. The van der Waals surface area contributed by atoms with Gasteiger partial charge in [0.05, 0.1) is 0 Å². The zero-order chi connectivity index (χ0) is 41.5. The molecule has 10 aromatic rings. The molecule has 0 saturated heterocycles. The summed E-state index contributed by atoms with van der Waals surface area (Å²) in [5.74, 6) is 3.15. The van der Waals surface area contributed by atoms with Crippen LogP contribution in [0.3, 0.4) is 0 Å². The maximum absolute atomic E-state index is 4.92. The number of aromatic nitrogens is 5. The summed E-state index contributed by atoms with van der Waals surface area (Å²) in [5, 5.41) is 5.33. The van der Waals surface area contributed by atoms with Crippen LogP contribution in [0.25, 0.3) is 88.9 Å². The van der Waals surface area contributed by atoms with E-state index in [9.17, 15) is 0 Å². The fraction of sp³-hybridized carbons (Fsp3) is 0.196. The van der Waals surface area contributed by atoms with Gasteiger partial charge in [-0.05, 0) is 95.8 Å². The Balaban J connectivity index is 0.919. The summed E-state index contributed by atoms with van der Waals surface area (Å²) in [6, 6.07) is 59.3. The van der Waals surface area contributed by atoms with Crippen molar-refractivity contribution in [1.82, 2.24) is 24.1 Å². The first-order chi connectivity index (χ1) is 29.9. The number of hydrogen-bond acceptors (Lipinski definition) is 3. The van der Waals surface area contributed by atoms with Crippen molar-refractivity contribution in [2.24, 2.45) is 11.8 Å².